The smallest absolute Gasteiger partial charge is 0.222 e. The molecule has 1 amide bonds. The Hall–Kier alpha value is -1.84. The van der Waals surface area contributed by atoms with Gasteiger partial charge in [0.2, 0.25) is 5.91 Å². The number of anilines is 1. The summed E-state index contributed by atoms with van der Waals surface area (Å²) in [5, 5.41) is 3.75. The molecule has 0 saturated heterocycles. The predicted molar refractivity (Wildman–Crippen MR) is 68.9 cm³/mol. The van der Waals surface area contributed by atoms with E-state index in [2.05, 4.69) is 21.8 Å². The Bertz CT molecular complexity index is 530. The third-order valence-electron chi connectivity index (χ3n) is 2.74. The van der Waals surface area contributed by atoms with Crippen LogP contribution in [0.1, 0.15) is 26.7 Å². The molecule has 4 nitrogen and oxygen atoms in total. The Kier molecular flexibility index (Phi) is 3.42. The van der Waals surface area contributed by atoms with Gasteiger partial charge in [0, 0.05) is 31.2 Å². The summed E-state index contributed by atoms with van der Waals surface area (Å²) in [5.74, 6) is 0.552. The Balaban J connectivity index is 2.38. The number of aromatic nitrogens is 2. The molecule has 2 aromatic heterocycles. The molecule has 2 aromatic rings. The molecule has 0 aliphatic rings. The second kappa shape index (κ2) is 4.99. The van der Waals surface area contributed by atoms with Gasteiger partial charge in [0.1, 0.15) is 5.82 Å². The van der Waals surface area contributed by atoms with E-state index in [-0.39, 0.29) is 5.91 Å². The Morgan fingerprint density at radius 3 is 3.00 bits per heavy atom. The monoisotopic (exact) mass is 231 g/mol. The van der Waals surface area contributed by atoms with Crippen LogP contribution in [0.15, 0.2) is 24.5 Å². The zero-order chi connectivity index (χ0) is 12.3. The number of nitrogens with zero attached hydrogens (tertiary/aromatic N) is 2. The van der Waals surface area contributed by atoms with E-state index in [0.717, 1.165) is 23.9 Å². The summed E-state index contributed by atoms with van der Waals surface area (Å²) < 4.78 is 2.20. The van der Waals surface area contributed by atoms with Gasteiger partial charge in [-0.1, -0.05) is 13.3 Å². The molecule has 0 atom stereocenters. The lowest BCUT2D eigenvalue weighted by Crippen LogP contribution is -2.07. The molecule has 0 aliphatic heterocycles. The SMILES string of the molecule is CCCCn1ccc2c(NC(C)=O)nccc21. The van der Waals surface area contributed by atoms with E-state index in [1.165, 1.54) is 13.3 Å². The maximum absolute atomic E-state index is 11.1. The highest BCUT2D eigenvalue weighted by Crippen LogP contribution is 2.22. The number of fused-ring (bicyclic) bond motifs is 1. The summed E-state index contributed by atoms with van der Waals surface area (Å²) in [5.41, 5.74) is 1.12. The molecule has 1 N–H and O–H groups in total. The molecule has 0 fully saturated rings. The number of carbonyl (C=O) groups is 1. The van der Waals surface area contributed by atoms with Crippen LogP contribution < -0.4 is 5.32 Å². The number of hydrogen-bond acceptors (Lipinski definition) is 2. The van der Waals surface area contributed by atoms with E-state index >= 15 is 0 Å². The molecule has 0 radical (unpaired) electrons. The summed E-state index contributed by atoms with van der Waals surface area (Å²) >= 11 is 0. The van der Waals surface area contributed by atoms with Gasteiger partial charge in [-0.05, 0) is 18.6 Å². The first kappa shape index (κ1) is 11.6. The standard InChI is InChI=1S/C13H17N3O/c1-3-4-8-16-9-6-11-12(16)5-7-14-13(11)15-10(2)17/h5-7,9H,3-4,8H2,1-2H3,(H,14,15,17). The van der Waals surface area contributed by atoms with Crippen molar-refractivity contribution in [1.29, 1.82) is 0 Å². The van der Waals surface area contributed by atoms with Crippen molar-refractivity contribution in [2.75, 3.05) is 5.32 Å². The Labute approximate surface area is 101 Å². The number of unbranched alkanes of at least 4 members (excludes halogenated alkanes) is 1. The van der Waals surface area contributed by atoms with Crippen molar-refractivity contribution in [2.45, 2.75) is 33.2 Å². The molecule has 17 heavy (non-hydrogen) atoms. The first-order valence-electron chi connectivity index (χ1n) is 5.94. The molecule has 0 spiro atoms. The quantitative estimate of drug-likeness (QED) is 0.879. The maximum atomic E-state index is 11.1. The topological polar surface area (TPSA) is 46.9 Å². The number of aryl methyl sites for hydroxylation is 1. The fourth-order valence-corrected chi connectivity index (χ4v) is 1.91. The molecular formula is C13H17N3O. The van der Waals surface area contributed by atoms with Gasteiger partial charge in [-0.3, -0.25) is 4.79 Å². The highest BCUT2D eigenvalue weighted by molar-refractivity contribution is 5.98. The minimum absolute atomic E-state index is 0.0914. The van der Waals surface area contributed by atoms with Crippen LogP contribution in [-0.4, -0.2) is 15.5 Å². The van der Waals surface area contributed by atoms with Crippen molar-refractivity contribution in [3.63, 3.8) is 0 Å². The molecule has 0 aliphatic carbocycles. The largest absolute Gasteiger partial charge is 0.347 e. The number of rotatable bonds is 4. The highest BCUT2D eigenvalue weighted by atomic mass is 16.1. The van der Waals surface area contributed by atoms with Crippen LogP contribution >= 0.6 is 0 Å². The van der Waals surface area contributed by atoms with E-state index in [9.17, 15) is 4.79 Å². The number of carbonyl (C=O) groups excluding carboxylic acids is 1. The van der Waals surface area contributed by atoms with Gasteiger partial charge >= 0.3 is 0 Å². The zero-order valence-electron chi connectivity index (χ0n) is 10.2. The van der Waals surface area contributed by atoms with Crippen LogP contribution in [-0.2, 0) is 11.3 Å². The summed E-state index contributed by atoms with van der Waals surface area (Å²) in [6.45, 7) is 4.67. The highest BCUT2D eigenvalue weighted by Gasteiger charge is 2.07. The van der Waals surface area contributed by atoms with Crippen LogP contribution in [0.25, 0.3) is 10.9 Å². The average Bonchev–Trinajstić information content (AvgIpc) is 2.70. The van der Waals surface area contributed by atoms with E-state index < -0.39 is 0 Å². The Morgan fingerprint density at radius 1 is 1.47 bits per heavy atom. The molecule has 2 heterocycles. The van der Waals surface area contributed by atoms with Crippen molar-refractivity contribution >= 4 is 22.6 Å². The van der Waals surface area contributed by atoms with Crippen molar-refractivity contribution < 1.29 is 4.79 Å². The van der Waals surface area contributed by atoms with Crippen LogP contribution in [0.2, 0.25) is 0 Å². The lowest BCUT2D eigenvalue weighted by Gasteiger charge is -2.06. The second-order valence-electron chi connectivity index (χ2n) is 4.14. The molecule has 0 saturated carbocycles. The first-order valence-corrected chi connectivity index (χ1v) is 5.94. The van der Waals surface area contributed by atoms with Crippen molar-refractivity contribution in [2.24, 2.45) is 0 Å². The van der Waals surface area contributed by atoms with E-state index in [1.807, 2.05) is 18.3 Å². The van der Waals surface area contributed by atoms with Gasteiger partial charge < -0.3 is 9.88 Å². The van der Waals surface area contributed by atoms with Gasteiger partial charge in [-0.15, -0.1) is 0 Å². The van der Waals surface area contributed by atoms with Gasteiger partial charge in [-0.25, -0.2) is 4.98 Å². The molecule has 90 valence electrons. The second-order valence-corrected chi connectivity index (χ2v) is 4.14. The fraction of sp³-hybridized carbons (Fsp3) is 0.385. The average molecular weight is 231 g/mol. The lowest BCUT2D eigenvalue weighted by atomic mass is 10.3. The van der Waals surface area contributed by atoms with Crippen LogP contribution in [0.5, 0.6) is 0 Å². The van der Waals surface area contributed by atoms with Gasteiger partial charge in [0.15, 0.2) is 0 Å². The minimum atomic E-state index is -0.0914. The summed E-state index contributed by atoms with van der Waals surface area (Å²) in [6, 6.07) is 3.99. The Morgan fingerprint density at radius 2 is 2.29 bits per heavy atom. The van der Waals surface area contributed by atoms with Gasteiger partial charge in [0.05, 0.1) is 5.52 Å². The summed E-state index contributed by atoms with van der Waals surface area (Å²) in [4.78, 5) is 15.3. The van der Waals surface area contributed by atoms with Gasteiger partial charge in [-0.2, -0.15) is 0 Å². The van der Waals surface area contributed by atoms with Gasteiger partial charge in [0.25, 0.3) is 0 Å². The van der Waals surface area contributed by atoms with Crippen LogP contribution in [0.3, 0.4) is 0 Å². The molecular weight excluding hydrogens is 214 g/mol. The maximum Gasteiger partial charge on any atom is 0.222 e. The summed E-state index contributed by atoms with van der Waals surface area (Å²) in [7, 11) is 0. The molecule has 0 unspecified atom stereocenters. The molecule has 2 rings (SSSR count). The van der Waals surface area contributed by atoms with Crippen LogP contribution in [0, 0.1) is 0 Å². The predicted octanol–water partition coefficient (Wildman–Crippen LogP) is 2.79. The zero-order valence-corrected chi connectivity index (χ0v) is 10.2. The number of nitrogens with one attached hydrogen (secondary N) is 1. The normalized spacial score (nSPS) is 10.7. The number of pyridine rings is 1. The molecule has 0 bridgehead atoms. The van der Waals surface area contributed by atoms with Crippen LogP contribution in [0.4, 0.5) is 5.82 Å². The number of amides is 1. The van der Waals surface area contributed by atoms with Crippen molar-refractivity contribution in [3.8, 4) is 0 Å². The third-order valence-corrected chi connectivity index (χ3v) is 2.74. The van der Waals surface area contributed by atoms with E-state index in [0.29, 0.717) is 5.82 Å². The van der Waals surface area contributed by atoms with E-state index in [1.54, 1.807) is 6.20 Å². The lowest BCUT2D eigenvalue weighted by molar-refractivity contribution is -0.114. The van der Waals surface area contributed by atoms with E-state index in [4.69, 9.17) is 0 Å². The minimum Gasteiger partial charge on any atom is -0.347 e. The molecule has 0 aromatic carbocycles. The van der Waals surface area contributed by atoms with Crippen molar-refractivity contribution in [1.82, 2.24) is 9.55 Å². The molecule has 4 heteroatoms. The first-order chi connectivity index (χ1) is 8.22. The van der Waals surface area contributed by atoms with Crippen molar-refractivity contribution in [3.05, 3.63) is 24.5 Å². The fourth-order valence-electron chi connectivity index (χ4n) is 1.91. The number of hydrogen-bond donors (Lipinski definition) is 1. The summed E-state index contributed by atoms with van der Waals surface area (Å²) in [6.07, 6.45) is 6.11. The third kappa shape index (κ3) is 2.46.